The molecule has 4 aromatic rings. The summed E-state index contributed by atoms with van der Waals surface area (Å²) in [6.07, 6.45) is 3.35. The Morgan fingerprint density at radius 3 is 1.89 bits per heavy atom. The fraction of sp³-hybridized carbons (Fsp3) is 0.0909. The zero-order valence-corrected chi connectivity index (χ0v) is 15.2. The third kappa shape index (κ3) is 4.12. The van der Waals surface area contributed by atoms with Gasteiger partial charge in [0.1, 0.15) is 0 Å². The van der Waals surface area contributed by atoms with Gasteiger partial charge in [0.2, 0.25) is 0 Å². The monoisotopic (exact) mass is 374 g/mol. The molecule has 140 valence electrons. The summed E-state index contributed by atoms with van der Waals surface area (Å²) in [6.45, 7) is 2.18. The van der Waals surface area contributed by atoms with E-state index in [1.807, 2.05) is 24.3 Å². The first-order chi connectivity index (χ1) is 13.6. The highest BCUT2D eigenvalue weighted by Crippen LogP contribution is 2.17. The average Bonchev–Trinajstić information content (AvgIpc) is 2.73. The van der Waals surface area contributed by atoms with Crippen LogP contribution < -0.4 is 0 Å². The van der Waals surface area contributed by atoms with Gasteiger partial charge in [-0.2, -0.15) is 0 Å². The van der Waals surface area contributed by atoms with E-state index in [4.69, 9.17) is 9.84 Å². The molecule has 0 aliphatic heterocycles. The molecule has 0 saturated heterocycles. The number of rotatable bonds is 3. The number of hydrogen-bond acceptors (Lipinski definition) is 5. The van der Waals surface area contributed by atoms with Gasteiger partial charge in [-0.05, 0) is 43.3 Å². The van der Waals surface area contributed by atoms with Gasteiger partial charge >= 0.3 is 11.9 Å². The SMILES string of the molecule is CCOC(=O)c1cccc2ncccc12.O=C(O)c1cccc2ncccc12. The van der Waals surface area contributed by atoms with Crippen molar-refractivity contribution >= 4 is 33.7 Å². The number of benzene rings is 2. The third-order valence-corrected chi connectivity index (χ3v) is 4.02. The Bertz CT molecular complexity index is 1130. The first kappa shape index (κ1) is 19.0. The number of nitrogens with zero attached hydrogens (tertiary/aromatic N) is 2. The second-order valence-electron chi connectivity index (χ2n) is 5.78. The van der Waals surface area contributed by atoms with Crippen molar-refractivity contribution in [3.63, 3.8) is 0 Å². The largest absolute Gasteiger partial charge is 0.478 e. The molecule has 0 radical (unpaired) electrons. The molecule has 0 aliphatic carbocycles. The highest BCUT2D eigenvalue weighted by molar-refractivity contribution is 6.03. The maximum atomic E-state index is 11.6. The Morgan fingerprint density at radius 1 is 0.821 bits per heavy atom. The zero-order valence-electron chi connectivity index (χ0n) is 15.2. The van der Waals surface area contributed by atoms with E-state index in [1.54, 1.807) is 55.7 Å². The Labute approximate surface area is 161 Å². The molecule has 2 heterocycles. The van der Waals surface area contributed by atoms with E-state index in [2.05, 4.69) is 9.97 Å². The molecule has 6 heteroatoms. The van der Waals surface area contributed by atoms with Crippen LogP contribution in [0.15, 0.2) is 73.1 Å². The van der Waals surface area contributed by atoms with Crippen LogP contribution in [-0.4, -0.2) is 33.6 Å². The number of carboxylic acid groups (broad SMARTS) is 1. The number of ether oxygens (including phenoxy) is 1. The molecular formula is C22H18N2O4. The van der Waals surface area contributed by atoms with Crippen molar-refractivity contribution in [2.75, 3.05) is 6.61 Å². The first-order valence-electron chi connectivity index (χ1n) is 8.69. The molecule has 0 atom stereocenters. The fourth-order valence-corrected chi connectivity index (χ4v) is 2.78. The van der Waals surface area contributed by atoms with Gasteiger partial charge < -0.3 is 9.84 Å². The van der Waals surface area contributed by atoms with Crippen LogP contribution in [0.3, 0.4) is 0 Å². The molecule has 2 aromatic heterocycles. The van der Waals surface area contributed by atoms with Gasteiger partial charge in [0, 0.05) is 23.2 Å². The maximum absolute atomic E-state index is 11.6. The van der Waals surface area contributed by atoms with Crippen LogP contribution in [-0.2, 0) is 4.74 Å². The lowest BCUT2D eigenvalue weighted by atomic mass is 10.1. The summed E-state index contributed by atoms with van der Waals surface area (Å²) in [5.74, 6) is -1.21. The maximum Gasteiger partial charge on any atom is 0.338 e. The van der Waals surface area contributed by atoms with Crippen molar-refractivity contribution in [2.45, 2.75) is 6.92 Å². The lowest BCUT2D eigenvalue weighted by Crippen LogP contribution is -2.05. The normalized spacial score (nSPS) is 10.2. The smallest absolute Gasteiger partial charge is 0.338 e. The van der Waals surface area contributed by atoms with Gasteiger partial charge in [0.25, 0.3) is 0 Å². The number of aromatic carboxylic acids is 1. The van der Waals surface area contributed by atoms with E-state index in [0.717, 1.165) is 10.9 Å². The molecule has 0 bridgehead atoms. The van der Waals surface area contributed by atoms with Crippen LogP contribution in [0.25, 0.3) is 21.8 Å². The number of aromatic nitrogens is 2. The van der Waals surface area contributed by atoms with E-state index in [0.29, 0.717) is 28.6 Å². The second kappa shape index (κ2) is 8.73. The summed E-state index contributed by atoms with van der Waals surface area (Å²) in [5, 5.41) is 10.4. The molecular weight excluding hydrogens is 356 g/mol. The van der Waals surface area contributed by atoms with Crippen molar-refractivity contribution in [1.29, 1.82) is 0 Å². The predicted octanol–water partition coefficient (Wildman–Crippen LogP) is 4.34. The number of pyridine rings is 2. The van der Waals surface area contributed by atoms with Crippen LogP contribution >= 0.6 is 0 Å². The van der Waals surface area contributed by atoms with Gasteiger partial charge in [0.15, 0.2) is 0 Å². The van der Waals surface area contributed by atoms with E-state index < -0.39 is 5.97 Å². The highest BCUT2D eigenvalue weighted by Gasteiger charge is 2.10. The standard InChI is InChI=1S/C12H11NO2.C10H7NO2/c1-2-15-12(14)10-5-3-7-11-9(10)6-4-8-13-11;12-10(13)8-3-1-5-9-7(8)4-2-6-11-9/h3-8H,2H2,1H3;1-6H,(H,12,13). The fourth-order valence-electron chi connectivity index (χ4n) is 2.78. The molecule has 2 aromatic carbocycles. The van der Waals surface area contributed by atoms with Gasteiger partial charge in [0.05, 0.1) is 28.8 Å². The van der Waals surface area contributed by atoms with Crippen molar-refractivity contribution in [3.8, 4) is 0 Å². The van der Waals surface area contributed by atoms with Gasteiger partial charge in [-0.1, -0.05) is 24.3 Å². The molecule has 0 fully saturated rings. The van der Waals surface area contributed by atoms with E-state index in [1.165, 1.54) is 0 Å². The molecule has 0 aliphatic rings. The zero-order chi connectivity index (χ0) is 19.9. The van der Waals surface area contributed by atoms with Crippen LogP contribution in [0, 0.1) is 0 Å². The lowest BCUT2D eigenvalue weighted by molar-refractivity contribution is 0.0528. The third-order valence-electron chi connectivity index (χ3n) is 4.02. The second-order valence-corrected chi connectivity index (χ2v) is 5.78. The number of esters is 1. The lowest BCUT2D eigenvalue weighted by Gasteiger charge is -2.04. The van der Waals surface area contributed by atoms with E-state index >= 15 is 0 Å². The minimum atomic E-state index is -0.918. The molecule has 6 nitrogen and oxygen atoms in total. The van der Waals surface area contributed by atoms with Gasteiger partial charge in [-0.25, -0.2) is 9.59 Å². The van der Waals surface area contributed by atoms with Crippen molar-refractivity contribution in [2.24, 2.45) is 0 Å². The molecule has 28 heavy (non-hydrogen) atoms. The number of carbonyl (C=O) groups excluding carboxylic acids is 1. The Balaban J connectivity index is 0.000000162. The minimum Gasteiger partial charge on any atom is -0.478 e. The molecule has 0 saturated carbocycles. The number of carboxylic acids is 1. The number of fused-ring (bicyclic) bond motifs is 2. The quantitative estimate of drug-likeness (QED) is 0.537. The minimum absolute atomic E-state index is 0.295. The summed E-state index contributed by atoms with van der Waals surface area (Å²) in [7, 11) is 0. The molecule has 4 rings (SSSR count). The summed E-state index contributed by atoms with van der Waals surface area (Å²) in [5.41, 5.74) is 2.39. The predicted molar refractivity (Wildman–Crippen MR) is 106 cm³/mol. The van der Waals surface area contributed by atoms with E-state index in [-0.39, 0.29) is 5.97 Å². The molecule has 0 amide bonds. The molecule has 0 spiro atoms. The van der Waals surface area contributed by atoms with Crippen LogP contribution in [0.5, 0.6) is 0 Å². The first-order valence-corrected chi connectivity index (χ1v) is 8.69. The summed E-state index contributed by atoms with van der Waals surface area (Å²) < 4.78 is 4.97. The number of carbonyl (C=O) groups is 2. The Kier molecular flexibility index (Phi) is 5.91. The summed E-state index contributed by atoms with van der Waals surface area (Å²) in [6, 6.07) is 17.7. The number of hydrogen-bond donors (Lipinski definition) is 1. The highest BCUT2D eigenvalue weighted by atomic mass is 16.5. The topological polar surface area (TPSA) is 89.4 Å². The molecule has 0 unspecified atom stereocenters. The van der Waals surface area contributed by atoms with Gasteiger partial charge in [-0.15, -0.1) is 0 Å². The van der Waals surface area contributed by atoms with Crippen molar-refractivity contribution in [3.05, 3.63) is 84.2 Å². The van der Waals surface area contributed by atoms with Crippen LogP contribution in [0.1, 0.15) is 27.6 Å². The summed E-state index contributed by atoms with van der Waals surface area (Å²) in [4.78, 5) is 30.6. The van der Waals surface area contributed by atoms with Gasteiger partial charge in [-0.3, -0.25) is 9.97 Å². The van der Waals surface area contributed by atoms with Crippen molar-refractivity contribution < 1.29 is 19.4 Å². The van der Waals surface area contributed by atoms with E-state index in [9.17, 15) is 9.59 Å². The molecule has 1 N–H and O–H groups in total. The Hall–Kier alpha value is -3.80. The average molecular weight is 374 g/mol. The van der Waals surface area contributed by atoms with Crippen molar-refractivity contribution in [1.82, 2.24) is 9.97 Å². The Morgan fingerprint density at radius 2 is 1.36 bits per heavy atom. The van der Waals surface area contributed by atoms with Crippen LogP contribution in [0.2, 0.25) is 0 Å². The van der Waals surface area contributed by atoms with Crippen LogP contribution in [0.4, 0.5) is 0 Å². The summed E-state index contributed by atoms with van der Waals surface area (Å²) >= 11 is 0.